The van der Waals surface area contributed by atoms with Gasteiger partial charge < -0.3 is 0 Å². The summed E-state index contributed by atoms with van der Waals surface area (Å²) in [5, 5.41) is 15.9. The van der Waals surface area contributed by atoms with Crippen LogP contribution < -0.4 is 10.9 Å². The smallest absolute Gasteiger partial charge is 0.266 e. The quantitative estimate of drug-likeness (QED) is 0.398. The third kappa shape index (κ3) is 3.83. The van der Waals surface area contributed by atoms with Crippen molar-refractivity contribution in [1.82, 2.24) is 25.6 Å². The summed E-state index contributed by atoms with van der Waals surface area (Å²) in [6.07, 6.45) is 1.49. The summed E-state index contributed by atoms with van der Waals surface area (Å²) in [7, 11) is 0. The van der Waals surface area contributed by atoms with E-state index in [1.807, 2.05) is 18.2 Å². The van der Waals surface area contributed by atoms with Crippen LogP contribution in [0.4, 0.5) is 5.69 Å². The molecule has 30 heavy (non-hydrogen) atoms. The maximum atomic E-state index is 12.3. The van der Waals surface area contributed by atoms with Crippen LogP contribution in [0.2, 0.25) is 0 Å². The van der Waals surface area contributed by atoms with Gasteiger partial charge in [0.25, 0.3) is 17.5 Å². The Bertz CT molecular complexity index is 1280. The summed E-state index contributed by atoms with van der Waals surface area (Å²) in [6, 6.07) is 17.9. The van der Waals surface area contributed by atoms with Crippen molar-refractivity contribution in [1.29, 1.82) is 0 Å². The van der Waals surface area contributed by atoms with Crippen LogP contribution in [0.3, 0.4) is 0 Å². The highest BCUT2D eigenvalue weighted by Crippen LogP contribution is 2.16. The Morgan fingerprint density at radius 1 is 0.900 bits per heavy atom. The lowest BCUT2D eigenvalue weighted by Crippen LogP contribution is -2.42. The molecule has 0 fully saturated rings. The fourth-order valence-corrected chi connectivity index (χ4v) is 2.77. The van der Waals surface area contributed by atoms with Gasteiger partial charge >= 0.3 is 0 Å². The molecule has 0 aliphatic rings. The van der Waals surface area contributed by atoms with Crippen molar-refractivity contribution in [3.63, 3.8) is 0 Å². The number of hydrogen-bond donors (Lipinski definition) is 2. The molecule has 0 unspecified atom stereocenters. The third-order valence-corrected chi connectivity index (χ3v) is 4.25. The molecule has 0 saturated carbocycles. The molecule has 10 heteroatoms. The van der Waals surface area contributed by atoms with Gasteiger partial charge in [0, 0.05) is 23.7 Å². The van der Waals surface area contributed by atoms with Crippen LogP contribution >= 0.6 is 0 Å². The summed E-state index contributed by atoms with van der Waals surface area (Å²) in [6.45, 7) is 0. The number of nitrogens with zero attached hydrogens (tertiary/aromatic N) is 4. The molecule has 0 saturated heterocycles. The molecule has 0 spiro atoms. The maximum Gasteiger partial charge on any atom is 0.290 e. The van der Waals surface area contributed by atoms with E-state index < -0.39 is 16.7 Å². The zero-order valence-corrected chi connectivity index (χ0v) is 15.4. The molecule has 4 aromatic rings. The van der Waals surface area contributed by atoms with Crippen LogP contribution in [0.25, 0.3) is 16.6 Å². The van der Waals surface area contributed by atoms with Crippen LogP contribution in [-0.4, -0.2) is 31.5 Å². The van der Waals surface area contributed by atoms with Crippen molar-refractivity contribution in [2.75, 3.05) is 0 Å². The van der Waals surface area contributed by atoms with E-state index in [9.17, 15) is 19.7 Å². The molecule has 2 aromatic heterocycles. The summed E-state index contributed by atoms with van der Waals surface area (Å²) in [5.41, 5.74) is 5.73. The standard InChI is InChI=1S/C20H14N6O4/c27-19(17-9-8-13-4-1-2-7-16(13)21-17)22-23-20(28)18-10-11-25(24-18)14-5-3-6-15(12-14)26(29)30/h1-12H,(H,22,27)(H,23,28). The Balaban J connectivity index is 1.43. The van der Waals surface area contributed by atoms with Crippen molar-refractivity contribution in [3.05, 3.63) is 94.4 Å². The van der Waals surface area contributed by atoms with E-state index in [-0.39, 0.29) is 17.1 Å². The second kappa shape index (κ2) is 7.80. The van der Waals surface area contributed by atoms with Crippen molar-refractivity contribution in [3.8, 4) is 5.69 Å². The van der Waals surface area contributed by atoms with Gasteiger partial charge in [0.2, 0.25) is 0 Å². The Labute approximate surface area is 169 Å². The van der Waals surface area contributed by atoms with Crippen molar-refractivity contribution >= 4 is 28.4 Å². The number of nitrogens with one attached hydrogen (secondary N) is 2. The first kappa shape index (κ1) is 18.7. The van der Waals surface area contributed by atoms with Gasteiger partial charge in [-0.25, -0.2) is 9.67 Å². The molecule has 10 nitrogen and oxygen atoms in total. The molecule has 2 heterocycles. The molecule has 148 valence electrons. The van der Waals surface area contributed by atoms with E-state index in [1.54, 1.807) is 24.3 Å². The van der Waals surface area contributed by atoms with E-state index in [0.29, 0.717) is 11.2 Å². The zero-order chi connectivity index (χ0) is 21.1. The minimum atomic E-state index is -0.645. The molecule has 0 aliphatic carbocycles. The van der Waals surface area contributed by atoms with Crippen molar-refractivity contribution in [2.45, 2.75) is 0 Å². The fraction of sp³-hybridized carbons (Fsp3) is 0. The molecule has 2 aromatic carbocycles. The minimum Gasteiger partial charge on any atom is -0.266 e. The third-order valence-electron chi connectivity index (χ3n) is 4.25. The molecule has 0 atom stereocenters. The Morgan fingerprint density at radius 3 is 2.47 bits per heavy atom. The number of nitro groups is 1. The predicted molar refractivity (Wildman–Crippen MR) is 107 cm³/mol. The number of carbonyl (C=O) groups excluding carboxylic acids is 2. The normalized spacial score (nSPS) is 10.5. The second-order valence-electron chi connectivity index (χ2n) is 6.22. The summed E-state index contributed by atoms with van der Waals surface area (Å²) in [5.74, 6) is -1.22. The molecule has 0 radical (unpaired) electrons. The van der Waals surface area contributed by atoms with Gasteiger partial charge in [0.05, 0.1) is 16.1 Å². The molecule has 4 rings (SSSR count). The Hall–Kier alpha value is -4.60. The van der Waals surface area contributed by atoms with Crippen molar-refractivity contribution < 1.29 is 14.5 Å². The number of carbonyl (C=O) groups is 2. The maximum absolute atomic E-state index is 12.3. The monoisotopic (exact) mass is 402 g/mol. The van der Waals surface area contributed by atoms with Gasteiger partial charge in [-0.05, 0) is 24.3 Å². The molecule has 2 N–H and O–H groups in total. The van der Waals surface area contributed by atoms with Crippen molar-refractivity contribution in [2.24, 2.45) is 0 Å². The number of para-hydroxylation sites is 1. The van der Waals surface area contributed by atoms with E-state index in [0.717, 1.165) is 5.39 Å². The van der Waals surface area contributed by atoms with Gasteiger partial charge in [-0.15, -0.1) is 0 Å². The molecule has 0 aliphatic heterocycles. The number of rotatable bonds is 4. The van der Waals surface area contributed by atoms with Gasteiger partial charge in [0.1, 0.15) is 5.69 Å². The van der Waals surface area contributed by atoms with Crippen LogP contribution in [0.1, 0.15) is 21.0 Å². The zero-order valence-electron chi connectivity index (χ0n) is 15.4. The number of benzene rings is 2. The molecular formula is C20H14N6O4. The lowest BCUT2D eigenvalue weighted by molar-refractivity contribution is -0.384. The number of aromatic nitrogens is 3. The number of nitro benzene ring substituents is 1. The highest BCUT2D eigenvalue weighted by molar-refractivity contribution is 5.98. The van der Waals surface area contributed by atoms with Crippen LogP contribution in [-0.2, 0) is 0 Å². The second-order valence-corrected chi connectivity index (χ2v) is 6.22. The fourth-order valence-electron chi connectivity index (χ4n) is 2.77. The van der Waals surface area contributed by atoms with Crippen LogP contribution in [0.5, 0.6) is 0 Å². The van der Waals surface area contributed by atoms with Gasteiger partial charge in [-0.2, -0.15) is 5.10 Å². The van der Waals surface area contributed by atoms with Crippen LogP contribution in [0, 0.1) is 10.1 Å². The minimum absolute atomic E-state index is 0.0216. The van der Waals surface area contributed by atoms with E-state index >= 15 is 0 Å². The first-order chi connectivity index (χ1) is 14.5. The summed E-state index contributed by atoms with van der Waals surface area (Å²) >= 11 is 0. The van der Waals surface area contributed by atoms with E-state index in [1.165, 1.54) is 35.1 Å². The highest BCUT2D eigenvalue weighted by atomic mass is 16.6. The SMILES string of the molecule is O=C(NNC(=O)c1ccn(-c2cccc([N+](=O)[O-])c2)n1)c1ccc2ccccc2n1. The predicted octanol–water partition coefficient (Wildman–Crippen LogP) is 2.40. The Morgan fingerprint density at radius 2 is 1.67 bits per heavy atom. The van der Waals surface area contributed by atoms with Gasteiger partial charge in [0.15, 0.2) is 5.69 Å². The lowest BCUT2D eigenvalue weighted by atomic mass is 10.2. The molecule has 2 amide bonds. The van der Waals surface area contributed by atoms with Crippen LogP contribution in [0.15, 0.2) is 72.9 Å². The average Bonchev–Trinajstić information content (AvgIpc) is 3.27. The summed E-state index contributed by atoms with van der Waals surface area (Å²) < 4.78 is 1.33. The lowest BCUT2D eigenvalue weighted by Gasteiger charge is -2.06. The number of pyridine rings is 1. The topological polar surface area (TPSA) is 132 Å². The summed E-state index contributed by atoms with van der Waals surface area (Å²) in [4.78, 5) is 39.2. The Kier molecular flexibility index (Phi) is 4.87. The number of amides is 2. The number of hydrazine groups is 1. The number of hydrogen-bond acceptors (Lipinski definition) is 6. The average molecular weight is 402 g/mol. The highest BCUT2D eigenvalue weighted by Gasteiger charge is 2.14. The first-order valence-corrected chi connectivity index (χ1v) is 8.78. The largest absolute Gasteiger partial charge is 0.290 e. The number of fused-ring (bicyclic) bond motifs is 1. The van der Waals surface area contributed by atoms with Gasteiger partial charge in [-0.3, -0.25) is 30.6 Å². The molecular weight excluding hydrogens is 388 g/mol. The molecule has 0 bridgehead atoms. The van der Waals surface area contributed by atoms with Gasteiger partial charge in [-0.1, -0.05) is 30.3 Å². The van der Waals surface area contributed by atoms with E-state index in [4.69, 9.17) is 0 Å². The number of non-ortho nitro benzene ring substituents is 1. The first-order valence-electron chi connectivity index (χ1n) is 8.78. The van der Waals surface area contributed by atoms with E-state index in [2.05, 4.69) is 20.9 Å².